The maximum absolute atomic E-state index is 10.3. The molecule has 1 aliphatic carbocycles. The smallest absolute Gasteiger partial charge is 0.306 e. The molecule has 0 aromatic rings. The van der Waals surface area contributed by atoms with Crippen LogP contribution >= 0.6 is 0 Å². The standard InChI is InChI=1S/C7H12O2/c1-5(7(8)9)6-3-2-4-6/h5-6H,2-4H2,1H3,(H,8,9)/t5-/m0/s1. The summed E-state index contributed by atoms with van der Waals surface area (Å²) in [7, 11) is 0. The Balaban J connectivity index is 2.32. The molecule has 52 valence electrons. The lowest BCUT2D eigenvalue weighted by atomic mass is 9.77. The van der Waals surface area contributed by atoms with Crippen molar-refractivity contribution in [3.8, 4) is 0 Å². The number of hydrogen-bond donors (Lipinski definition) is 1. The maximum Gasteiger partial charge on any atom is 0.306 e. The van der Waals surface area contributed by atoms with Crippen LogP contribution in [0, 0.1) is 11.8 Å². The van der Waals surface area contributed by atoms with Gasteiger partial charge in [-0.1, -0.05) is 13.3 Å². The average molecular weight is 128 g/mol. The number of carboxylic acids is 1. The summed E-state index contributed by atoms with van der Waals surface area (Å²) >= 11 is 0. The van der Waals surface area contributed by atoms with E-state index in [4.69, 9.17) is 5.11 Å². The fourth-order valence-electron chi connectivity index (χ4n) is 1.14. The zero-order chi connectivity index (χ0) is 6.85. The molecule has 1 aliphatic rings. The predicted octanol–water partition coefficient (Wildman–Crippen LogP) is 1.51. The van der Waals surface area contributed by atoms with Crippen LogP contribution < -0.4 is 0 Å². The molecule has 1 saturated carbocycles. The number of carbonyl (C=O) groups is 1. The first-order chi connectivity index (χ1) is 4.22. The van der Waals surface area contributed by atoms with Crippen molar-refractivity contribution in [3.63, 3.8) is 0 Å². The summed E-state index contributed by atoms with van der Waals surface area (Å²) < 4.78 is 0. The molecule has 0 aliphatic heterocycles. The fourth-order valence-corrected chi connectivity index (χ4v) is 1.14. The molecule has 0 spiro atoms. The SMILES string of the molecule is C[C@H](C(=O)O)C1CCC1. The third-order valence-electron chi connectivity index (χ3n) is 2.25. The van der Waals surface area contributed by atoms with E-state index in [2.05, 4.69) is 0 Å². The summed E-state index contributed by atoms with van der Waals surface area (Å²) in [5, 5.41) is 8.52. The Hall–Kier alpha value is -0.530. The van der Waals surface area contributed by atoms with E-state index in [1.807, 2.05) is 0 Å². The molecule has 1 rings (SSSR count). The molecule has 0 aromatic carbocycles. The minimum Gasteiger partial charge on any atom is -0.481 e. The summed E-state index contributed by atoms with van der Waals surface area (Å²) in [5.74, 6) is -0.277. The molecule has 9 heavy (non-hydrogen) atoms. The number of rotatable bonds is 2. The highest BCUT2D eigenvalue weighted by atomic mass is 16.4. The lowest BCUT2D eigenvalue weighted by molar-refractivity contribution is -0.144. The first-order valence-electron chi connectivity index (χ1n) is 3.44. The van der Waals surface area contributed by atoms with Gasteiger partial charge in [-0.15, -0.1) is 0 Å². The van der Waals surface area contributed by atoms with Crippen molar-refractivity contribution < 1.29 is 9.90 Å². The Bertz CT molecular complexity index is 116. The second-order valence-electron chi connectivity index (χ2n) is 2.82. The number of aliphatic carboxylic acids is 1. The van der Waals surface area contributed by atoms with Crippen LogP contribution in [0.25, 0.3) is 0 Å². The topological polar surface area (TPSA) is 37.3 Å². The monoisotopic (exact) mass is 128 g/mol. The van der Waals surface area contributed by atoms with E-state index in [1.165, 1.54) is 6.42 Å². The zero-order valence-electron chi connectivity index (χ0n) is 5.63. The van der Waals surface area contributed by atoms with Crippen molar-refractivity contribution in [3.05, 3.63) is 0 Å². The summed E-state index contributed by atoms with van der Waals surface area (Å²) in [4.78, 5) is 10.3. The predicted molar refractivity (Wildman–Crippen MR) is 34.1 cm³/mol. The number of hydrogen-bond acceptors (Lipinski definition) is 1. The van der Waals surface area contributed by atoms with Crippen LogP contribution in [-0.2, 0) is 4.79 Å². The van der Waals surface area contributed by atoms with Crippen LogP contribution in [0.15, 0.2) is 0 Å². The second kappa shape index (κ2) is 2.38. The van der Waals surface area contributed by atoms with Gasteiger partial charge in [-0.2, -0.15) is 0 Å². The van der Waals surface area contributed by atoms with Crippen molar-refractivity contribution in [2.24, 2.45) is 11.8 Å². The van der Waals surface area contributed by atoms with Crippen LogP contribution in [0.4, 0.5) is 0 Å². The molecule has 0 saturated heterocycles. The van der Waals surface area contributed by atoms with Crippen LogP contribution in [0.3, 0.4) is 0 Å². The van der Waals surface area contributed by atoms with E-state index in [0.717, 1.165) is 12.8 Å². The molecule has 1 N–H and O–H groups in total. The van der Waals surface area contributed by atoms with Gasteiger partial charge < -0.3 is 5.11 Å². The zero-order valence-corrected chi connectivity index (χ0v) is 5.63. The van der Waals surface area contributed by atoms with Crippen molar-refractivity contribution in [2.75, 3.05) is 0 Å². The second-order valence-corrected chi connectivity index (χ2v) is 2.82. The van der Waals surface area contributed by atoms with Gasteiger partial charge in [0.1, 0.15) is 0 Å². The van der Waals surface area contributed by atoms with Crippen LogP contribution in [-0.4, -0.2) is 11.1 Å². The molecule has 0 bridgehead atoms. The maximum atomic E-state index is 10.3. The van der Waals surface area contributed by atoms with E-state index < -0.39 is 5.97 Å². The van der Waals surface area contributed by atoms with Gasteiger partial charge in [-0.3, -0.25) is 4.79 Å². The van der Waals surface area contributed by atoms with Gasteiger partial charge in [0.05, 0.1) is 5.92 Å². The summed E-state index contributed by atoms with van der Waals surface area (Å²) in [6.45, 7) is 1.80. The minimum absolute atomic E-state index is 0.112. The highest BCUT2D eigenvalue weighted by Gasteiger charge is 2.28. The van der Waals surface area contributed by atoms with E-state index in [0.29, 0.717) is 5.92 Å². The molecular formula is C7H12O2. The first-order valence-corrected chi connectivity index (χ1v) is 3.44. The molecule has 0 aromatic heterocycles. The highest BCUT2D eigenvalue weighted by Crippen LogP contribution is 2.32. The van der Waals surface area contributed by atoms with E-state index in [9.17, 15) is 4.79 Å². The molecule has 1 atom stereocenters. The summed E-state index contributed by atoms with van der Waals surface area (Å²) in [5.41, 5.74) is 0. The molecule has 2 nitrogen and oxygen atoms in total. The first kappa shape index (κ1) is 6.59. The van der Waals surface area contributed by atoms with Crippen LogP contribution in [0.5, 0.6) is 0 Å². The lowest BCUT2D eigenvalue weighted by Crippen LogP contribution is -2.25. The third-order valence-corrected chi connectivity index (χ3v) is 2.25. The van der Waals surface area contributed by atoms with Gasteiger partial charge in [0.2, 0.25) is 0 Å². The van der Waals surface area contributed by atoms with Crippen LogP contribution in [0.2, 0.25) is 0 Å². The molecule has 2 heteroatoms. The van der Waals surface area contributed by atoms with Gasteiger partial charge in [-0.25, -0.2) is 0 Å². The van der Waals surface area contributed by atoms with Crippen molar-refractivity contribution in [1.82, 2.24) is 0 Å². The normalized spacial score (nSPS) is 22.8. The van der Waals surface area contributed by atoms with E-state index >= 15 is 0 Å². The van der Waals surface area contributed by atoms with E-state index in [1.54, 1.807) is 6.92 Å². The molecule has 0 amide bonds. The quantitative estimate of drug-likeness (QED) is 0.612. The molecule has 0 radical (unpaired) electrons. The van der Waals surface area contributed by atoms with Gasteiger partial charge in [0.25, 0.3) is 0 Å². The van der Waals surface area contributed by atoms with Crippen molar-refractivity contribution >= 4 is 5.97 Å². The minimum atomic E-state index is -0.639. The van der Waals surface area contributed by atoms with Gasteiger partial charge in [-0.05, 0) is 18.8 Å². The molecule has 0 heterocycles. The molecular weight excluding hydrogens is 116 g/mol. The number of carboxylic acid groups (broad SMARTS) is 1. The van der Waals surface area contributed by atoms with Gasteiger partial charge in [0, 0.05) is 0 Å². The summed E-state index contributed by atoms with van der Waals surface area (Å²) in [6.07, 6.45) is 3.46. The van der Waals surface area contributed by atoms with Crippen molar-refractivity contribution in [1.29, 1.82) is 0 Å². The molecule has 0 unspecified atom stereocenters. The lowest BCUT2D eigenvalue weighted by Gasteiger charge is -2.28. The van der Waals surface area contributed by atoms with E-state index in [-0.39, 0.29) is 5.92 Å². The largest absolute Gasteiger partial charge is 0.481 e. The van der Waals surface area contributed by atoms with Crippen LogP contribution in [0.1, 0.15) is 26.2 Å². The van der Waals surface area contributed by atoms with Gasteiger partial charge >= 0.3 is 5.97 Å². The molecule has 1 fully saturated rings. The van der Waals surface area contributed by atoms with Crippen molar-refractivity contribution in [2.45, 2.75) is 26.2 Å². The fraction of sp³-hybridized carbons (Fsp3) is 0.857. The summed E-state index contributed by atoms with van der Waals surface area (Å²) in [6, 6.07) is 0. The Morgan fingerprint density at radius 3 is 2.33 bits per heavy atom. The van der Waals surface area contributed by atoms with Gasteiger partial charge in [0.15, 0.2) is 0 Å². The Morgan fingerprint density at radius 2 is 2.22 bits per heavy atom. The highest BCUT2D eigenvalue weighted by molar-refractivity contribution is 5.69. The third kappa shape index (κ3) is 1.23. The Morgan fingerprint density at radius 1 is 1.67 bits per heavy atom. The Kier molecular flexibility index (Phi) is 1.74. The average Bonchev–Trinajstić information content (AvgIpc) is 1.60. The Labute approximate surface area is 54.9 Å².